The Bertz CT molecular complexity index is 490. The van der Waals surface area contributed by atoms with Crippen molar-refractivity contribution in [2.45, 2.75) is 19.5 Å². The number of anilines is 1. The van der Waals surface area contributed by atoms with Gasteiger partial charge in [0, 0.05) is 24.5 Å². The molecule has 0 aliphatic heterocycles. The number of nitrogens with zero attached hydrogens (tertiary/aromatic N) is 3. The Hall–Kier alpha value is -2.11. The van der Waals surface area contributed by atoms with Crippen LogP contribution in [-0.2, 0) is 6.54 Å². The van der Waals surface area contributed by atoms with Gasteiger partial charge in [-0.05, 0) is 13.0 Å². The third kappa shape index (κ3) is 2.69. The predicted octanol–water partition coefficient (Wildman–Crippen LogP) is 0.467. The van der Waals surface area contributed by atoms with Crippen LogP contribution in [0.25, 0.3) is 0 Å². The summed E-state index contributed by atoms with van der Waals surface area (Å²) in [5.41, 5.74) is -0.163. The summed E-state index contributed by atoms with van der Waals surface area (Å²) in [7, 11) is 0. The minimum Gasteiger partial charge on any atom is -0.366 e. The van der Waals surface area contributed by atoms with Gasteiger partial charge in [-0.2, -0.15) is 5.10 Å². The molecule has 2 rings (SSSR count). The normalized spacial score (nSPS) is 12.3. The standard InChI is InChI=1S/C10H13N5O/c1-8(6-15-4-2-3-13-15)14-9-5-10(16)12-7-11-9/h2-5,7-8H,6H2,1H3,(H2,11,12,14,16). The monoisotopic (exact) mass is 219 g/mol. The number of aromatic nitrogens is 4. The van der Waals surface area contributed by atoms with Crippen LogP contribution in [0.2, 0.25) is 0 Å². The van der Waals surface area contributed by atoms with Gasteiger partial charge in [0.2, 0.25) is 0 Å². The molecule has 0 amide bonds. The van der Waals surface area contributed by atoms with Crippen molar-refractivity contribution in [3.63, 3.8) is 0 Å². The summed E-state index contributed by atoms with van der Waals surface area (Å²) in [5, 5.41) is 7.23. The number of hydrogen-bond acceptors (Lipinski definition) is 4. The molecule has 1 unspecified atom stereocenters. The molecule has 6 nitrogen and oxygen atoms in total. The van der Waals surface area contributed by atoms with Crippen LogP contribution in [0, 0.1) is 0 Å². The Labute approximate surface area is 92.3 Å². The molecular weight excluding hydrogens is 206 g/mol. The highest BCUT2D eigenvalue weighted by Gasteiger charge is 2.04. The summed E-state index contributed by atoms with van der Waals surface area (Å²) >= 11 is 0. The molecule has 1 atom stereocenters. The summed E-state index contributed by atoms with van der Waals surface area (Å²) in [5.74, 6) is 0.573. The third-order valence-corrected chi connectivity index (χ3v) is 2.09. The first-order valence-corrected chi connectivity index (χ1v) is 5.03. The molecule has 2 heterocycles. The number of hydrogen-bond donors (Lipinski definition) is 2. The van der Waals surface area contributed by atoms with E-state index in [4.69, 9.17) is 0 Å². The number of aromatic amines is 1. The molecule has 0 aliphatic rings. The molecular formula is C10H13N5O. The van der Waals surface area contributed by atoms with Crippen molar-refractivity contribution >= 4 is 5.82 Å². The molecule has 0 aliphatic carbocycles. The van der Waals surface area contributed by atoms with Gasteiger partial charge in [-0.1, -0.05) is 0 Å². The highest BCUT2D eigenvalue weighted by molar-refractivity contribution is 5.32. The molecule has 0 saturated heterocycles. The van der Waals surface area contributed by atoms with Crippen LogP contribution in [-0.4, -0.2) is 25.8 Å². The van der Waals surface area contributed by atoms with Crippen molar-refractivity contribution < 1.29 is 0 Å². The molecule has 2 aromatic heterocycles. The van der Waals surface area contributed by atoms with E-state index >= 15 is 0 Å². The molecule has 6 heteroatoms. The van der Waals surface area contributed by atoms with Gasteiger partial charge in [0.25, 0.3) is 5.56 Å². The third-order valence-electron chi connectivity index (χ3n) is 2.09. The van der Waals surface area contributed by atoms with Crippen LogP contribution in [0.5, 0.6) is 0 Å². The van der Waals surface area contributed by atoms with Crippen LogP contribution in [0.15, 0.2) is 35.6 Å². The fourth-order valence-corrected chi connectivity index (χ4v) is 1.43. The molecule has 0 radical (unpaired) electrons. The van der Waals surface area contributed by atoms with Crippen molar-refractivity contribution in [2.75, 3.05) is 5.32 Å². The van der Waals surface area contributed by atoms with Crippen LogP contribution in [0.1, 0.15) is 6.92 Å². The fraction of sp³-hybridized carbons (Fsp3) is 0.300. The van der Waals surface area contributed by atoms with Crippen molar-refractivity contribution in [3.8, 4) is 0 Å². The quantitative estimate of drug-likeness (QED) is 0.783. The topological polar surface area (TPSA) is 75.6 Å². The van der Waals surface area contributed by atoms with E-state index in [1.165, 1.54) is 12.4 Å². The van der Waals surface area contributed by atoms with Crippen LogP contribution in [0.3, 0.4) is 0 Å². The highest BCUT2D eigenvalue weighted by Crippen LogP contribution is 2.00. The van der Waals surface area contributed by atoms with E-state index in [-0.39, 0.29) is 11.6 Å². The second kappa shape index (κ2) is 4.61. The molecule has 0 bridgehead atoms. The first-order valence-electron chi connectivity index (χ1n) is 5.03. The van der Waals surface area contributed by atoms with Crippen molar-refractivity contribution in [1.82, 2.24) is 19.7 Å². The maximum atomic E-state index is 11.0. The smallest absolute Gasteiger partial charge is 0.252 e. The van der Waals surface area contributed by atoms with Gasteiger partial charge < -0.3 is 10.3 Å². The minimum atomic E-state index is -0.163. The van der Waals surface area contributed by atoms with Crippen molar-refractivity contribution in [1.29, 1.82) is 0 Å². The lowest BCUT2D eigenvalue weighted by atomic mass is 10.3. The summed E-state index contributed by atoms with van der Waals surface area (Å²) in [6, 6.07) is 3.45. The van der Waals surface area contributed by atoms with E-state index in [2.05, 4.69) is 20.4 Å². The average Bonchev–Trinajstić information content (AvgIpc) is 2.70. The second-order valence-electron chi connectivity index (χ2n) is 3.57. The van der Waals surface area contributed by atoms with Crippen LogP contribution in [0.4, 0.5) is 5.82 Å². The molecule has 0 saturated carbocycles. The van der Waals surface area contributed by atoms with Gasteiger partial charge in [0.05, 0.1) is 12.9 Å². The SMILES string of the molecule is CC(Cn1cccn1)Nc1cc(=O)[nH]cn1. The molecule has 2 N–H and O–H groups in total. The number of H-pyrrole nitrogens is 1. The van der Waals surface area contributed by atoms with Crippen molar-refractivity contribution in [3.05, 3.63) is 41.2 Å². The highest BCUT2D eigenvalue weighted by atomic mass is 16.1. The average molecular weight is 219 g/mol. The lowest BCUT2D eigenvalue weighted by Crippen LogP contribution is -2.23. The summed E-state index contributed by atoms with van der Waals surface area (Å²) in [6.45, 7) is 2.73. The molecule has 84 valence electrons. The van der Waals surface area contributed by atoms with Crippen molar-refractivity contribution in [2.24, 2.45) is 0 Å². The zero-order valence-corrected chi connectivity index (χ0v) is 8.92. The van der Waals surface area contributed by atoms with Gasteiger partial charge in [-0.25, -0.2) is 4.98 Å². The van der Waals surface area contributed by atoms with E-state index < -0.39 is 0 Å². The summed E-state index contributed by atoms with van der Waals surface area (Å²) < 4.78 is 1.82. The van der Waals surface area contributed by atoms with Gasteiger partial charge in [0.1, 0.15) is 5.82 Å². The van der Waals surface area contributed by atoms with E-state index in [1.807, 2.05) is 23.9 Å². The Morgan fingerprint density at radius 2 is 2.50 bits per heavy atom. The first kappa shape index (κ1) is 10.4. The zero-order valence-electron chi connectivity index (χ0n) is 8.92. The Morgan fingerprint density at radius 1 is 1.62 bits per heavy atom. The first-order chi connectivity index (χ1) is 7.74. The lowest BCUT2D eigenvalue weighted by molar-refractivity contribution is 0.559. The maximum Gasteiger partial charge on any atom is 0.252 e. The van der Waals surface area contributed by atoms with E-state index in [0.29, 0.717) is 5.82 Å². The molecule has 16 heavy (non-hydrogen) atoms. The Kier molecular flexibility index (Phi) is 3.00. The summed E-state index contributed by atoms with van der Waals surface area (Å²) in [6.07, 6.45) is 5.01. The van der Waals surface area contributed by atoms with Crippen LogP contribution < -0.4 is 10.9 Å². The lowest BCUT2D eigenvalue weighted by Gasteiger charge is -2.13. The number of rotatable bonds is 4. The van der Waals surface area contributed by atoms with E-state index in [0.717, 1.165) is 6.54 Å². The maximum absolute atomic E-state index is 11.0. The van der Waals surface area contributed by atoms with E-state index in [1.54, 1.807) is 6.20 Å². The molecule has 0 aromatic carbocycles. The number of nitrogens with one attached hydrogen (secondary N) is 2. The molecule has 0 spiro atoms. The Balaban J connectivity index is 1.97. The zero-order chi connectivity index (χ0) is 11.4. The molecule has 0 fully saturated rings. The predicted molar refractivity (Wildman–Crippen MR) is 60.2 cm³/mol. The van der Waals surface area contributed by atoms with Gasteiger partial charge in [-0.3, -0.25) is 9.48 Å². The second-order valence-corrected chi connectivity index (χ2v) is 3.57. The van der Waals surface area contributed by atoms with Crippen LogP contribution >= 0.6 is 0 Å². The Morgan fingerprint density at radius 3 is 3.19 bits per heavy atom. The van der Waals surface area contributed by atoms with Gasteiger partial charge >= 0.3 is 0 Å². The molecule has 2 aromatic rings. The van der Waals surface area contributed by atoms with Gasteiger partial charge in [0.15, 0.2) is 0 Å². The van der Waals surface area contributed by atoms with E-state index in [9.17, 15) is 4.79 Å². The largest absolute Gasteiger partial charge is 0.366 e. The fourth-order valence-electron chi connectivity index (χ4n) is 1.43. The van der Waals surface area contributed by atoms with Gasteiger partial charge in [-0.15, -0.1) is 0 Å². The minimum absolute atomic E-state index is 0.147. The summed E-state index contributed by atoms with van der Waals surface area (Å²) in [4.78, 5) is 17.5.